The van der Waals surface area contributed by atoms with Crippen molar-refractivity contribution in [1.29, 1.82) is 0 Å². The fourth-order valence-electron chi connectivity index (χ4n) is 4.10. The van der Waals surface area contributed by atoms with Crippen LogP contribution in [-0.4, -0.2) is 30.7 Å². The van der Waals surface area contributed by atoms with Gasteiger partial charge in [-0.05, 0) is 62.1 Å². The van der Waals surface area contributed by atoms with E-state index in [9.17, 15) is 4.79 Å². The van der Waals surface area contributed by atoms with Crippen molar-refractivity contribution in [2.75, 3.05) is 12.0 Å². The molecule has 2 aromatic carbocycles. The van der Waals surface area contributed by atoms with E-state index in [0.717, 1.165) is 37.8 Å². The second-order valence-electron chi connectivity index (χ2n) is 7.40. The van der Waals surface area contributed by atoms with Crippen LogP contribution in [0, 0.1) is 0 Å². The zero-order valence-electron chi connectivity index (χ0n) is 16.9. The van der Waals surface area contributed by atoms with Gasteiger partial charge < -0.3 is 20.9 Å². The minimum atomic E-state index is -0.553. The Kier molecular flexibility index (Phi) is 5.31. The van der Waals surface area contributed by atoms with Crippen LogP contribution in [0.5, 0.6) is 11.5 Å². The monoisotopic (exact) mass is 407 g/mol. The molecule has 2 aliphatic rings. The number of hydrogen-bond acceptors (Lipinski definition) is 8. The van der Waals surface area contributed by atoms with Crippen LogP contribution in [0.4, 0.5) is 5.69 Å². The van der Waals surface area contributed by atoms with Crippen molar-refractivity contribution < 1.29 is 14.3 Å². The highest BCUT2D eigenvalue weighted by Crippen LogP contribution is 2.43. The molecule has 0 saturated heterocycles. The highest BCUT2D eigenvalue weighted by molar-refractivity contribution is 6.06. The van der Waals surface area contributed by atoms with E-state index in [-0.39, 0.29) is 5.96 Å². The van der Waals surface area contributed by atoms with Crippen molar-refractivity contribution in [3.8, 4) is 11.5 Å². The molecule has 0 amide bonds. The number of carbonyl (C=O) groups excluding carboxylic acids is 1. The van der Waals surface area contributed by atoms with Gasteiger partial charge in [-0.2, -0.15) is 4.99 Å². The fourth-order valence-corrected chi connectivity index (χ4v) is 4.10. The summed E-state index contributed by atoms with van der Waals surface area (Å²) in [5, 5.41) is 0. The molecule has 4 rings (SSSR count). The summed E-state index contributed by atoms with van der Waals surface area (Å²) in [6, 6.07) is 14.4. The number of anilines is 1. The average molecular weight is 407 g/mol. The molecule has 1 aliphatic heterocycles. The molecule has 1 heterocycles. The number of methoxy groups -OCH3 is 1. The standard InChI is InChI=1S/C22H25N5O3/c1-29-19(28)15-9-11-16(12-10-15)30-18-8-4-3-7-17(18)27-21(24)25-20(23)26-22(27)13-5-2-6-14-22/h3-4,7-12H,2,5-6,13-14H2,1H3,(H4,23,24,25,26). The Bertz CT molecular complexity index is 994. The van der Waals surface area contributed by atoms with E-state index < -0.39 is 11.6 Å². The van der Waals surface area contributed by atoms with Gasteiger partial charge in [0.05, 0.1) is 18.4 Å². The summed E-state index contributed by atoms with van der Waals surface area (Å²) in [6.07, 6.45) is 4.92. The number of nitrogens with two attached hydrogens (primary N) is 2. The number of benzene rings is 2. The maximum atomic E-state index is 11.7. The second kappa shape index (κ2) is 8.06. The Labute approximate surface area is 175 Å². The van der Waals surface area contributed by atoms with Crippen LogP contribution in [0.25, 0.3) is 0 Å². The quantitative estimate of drug-likeness (QED) is 0.751. The number of esters is 1. The SMILES string of the molecule is COC(=O)c1ccc(Oc2ccccc2N2C(N)=NC(N)=NC23CCCCC3)cc1. The molecule has 8 heteroatoms. The van der Waals surface area contributed by atoms with Crippen LogP contribution in [0.2, 0.25) is 0 Å². The molecule has 30 heavy (non-hydrogen) atoms. The lowest BCUT2D eigenvalue weighted by atomic mass is 9.87. The molecule has 0 unspecified atom stereocenters. The number of hydrogen-bond donors (Lipinski definition) is 2. The summed E-state index contributed by atoms with van der Waals surface area (Å²) in [5.41, 5.74) is 13.0. The van der Waals surface area contributed by atoms with Crippen molar-refractivity contribution >= 4 is 23.6 Å². The average Bonchev–Trinajstić information content (AvgIpc) is 2.75. The van der Waals surface area contributed by atoms with E-state index in [1.807, 2.05) is 29.2 Å². The van der Waals surface area contributed by atoms with Crippen molar-refractivity contribution in [3.63, 3.8) is 0 Å². The number of rotatable bonds is 4. The molecule has 1 saturated carbocycles. The van der Waals surface area contributed by atoms with Gasteiger partial charge in [-0.25, -0.2) is 9.79 Å². The summed E-state index contributed by atoms with van der Waals surface area (Å²) in [6.45, 7) is 0. The molecule has 1 aliphatic carbocycles. The Balaban J connectivity index is 1.69. The van der Waals surface area contributed by atoms with E-state index in [2.05, 4.69) is 4.99 Å². The summed E-state index contributed by atoms with van der Waals surface area (Å²) in [7, 11) is 1.35. The van der Waals surface area contributed by atoms with Crippen LogP contribution in [0.15, 0.2) is 58.5 Å². The van der Waals surface area contributed by atoms with Crippen LogP contribution < -0.4 is 21.1 Å². The molecule has 1 fully saturated rings. The molecule has 0 atom stereocenters. The van der Waals surface area contributed by atoms with Crippen molar-refractivity contribution in [3.05, 3.63) is 54.1 Å². The van der Waals surface area contributed by atoms with Gasteiger partial charge in [0.25, 0.3) is 0 Å². The van der Waals surface area contributed by atoms with E-state index in [1.165, 1.54) is 7.11 Å². The highest BCUT2D eigenvalue weighted by atomic mass is 16.5. The summed E-state index contributed by atoms with van der Waals surface area (Å²) in [5.74, 6) is 1.32. The van der Waals surface area contributed by atoms with Gasteiger partial charge in [-0.15, -0.1) is 0 Å². The Morgan fingerprint density at radius 2 is 1.73 bits per heavy atom. The maximum Gasteiger partial charge on any atom is 0.337 e. The van der Waals surface area contributed by atoms with Gasteiger partial charge in [0, 0.05) is 0 Å². The van der Waals surface area contributed by atoms with Crippen LogP contribution in [-0.2, 0) is 4.74 Å². The van der Waals surface area contributed by atoms with Gasteiger partial charge in [0.1, 0.15) is 11.4 Å². The number of aliphatic imine (C=N–C) groups is 2. The zero-order chi connectivity index (χ0) is 21.1. The van der Waals surface area contributed by atoms with Crippen molar-refractivity contribution in [2.24, 2.45) is 21.5 Å². The van der Waals surface area contributed by atoms with Gasteiger partial charge in [0.2, 0.25) is 11.9 Å². The molecule has 0 aromatic heterocycles. The van der Waals surface area contributed by atoms with Crippen LogP contribution in [0.1, 0.15) is 42.5 Å². The number of ether oxygens (including phenoxy) is 2. The molecular weight excluding hydrogens is 382 g/mol. The topological polar surface area (TPSA) is 116 Å². The molecule has 2 aromatic rings. The number of guanidine groups is 2. The minimum Gasteiger partial charge on any atom is -0.465 e. The lowest BCUT2D eigenvalue weighted by Gasteiger charge is -2.45. The first-order chi connectivity index (χ1) is 14.5. The lowest BCUT2D eigenvalue weighted by Crippen LogP contribution is -2.58. The molecule has 8 nitrogen and oxygen atoms in total. The molecule has 1 spiro atoms. The van der Waals surface area contributed by atoms with E-state index >= 15 is 0 Å². The largest absolute Gasteiger partial charge is 0.465 e. The van der Waals surface area contributed by atoms with Gasteiger partial charge in [0.15, 0.2) is 5.75 Å². The van der Waals surface area contributed by atoms with Crippen molar-refractivity contribution in [2.45, 2.75) is 37.8 Å². The summed E-state index contributed by atoms with van der Waals surface area (Å²) in [4.78, 5) is 22.5. The molecular formula is C22H25N5O3. The number of para-hydroxylation sites is 2. The molecule has 0 radical (unpaired) electrons. The first-order valence-electron chi connectivity index (χ1n) is 9.97. The summed E-state index contributed by atoms with van der Waals surface area (Å²) >= 11 is 0. The number of carbonyl (C=O) groups is 1. The predicted molar refractivity (Wildman–Crippen MR) is 116 cm³/mol. The maximum absolute atomic E-state index is 11.7. The van der Waals surface area contributed by atoms with E-state index in [1.54, 1.807) is 24.3 Å². The highest BCUT2D eigenvalue weighted by Gasteiger charge is 2.43. The van der Waals surface area contributed by atoms with Crippen LogP contribution >= 0.6 is 0 Å². The lowest BCUT2D eigenvalue weighted by molar-refractivity contribution is 0.0600. The normalized spacial score (nSPS) is 17.8. The summed E-state index contributed by atoms with van der Waals surface area (Å²) < 4.78 is 10.9. The number of nitrogens with zero attached hydrogens (tertiary/aromatic N) is 3. The fraction of sp³-hybridized carbons (Fsp3) is 0.318. The first kappa shape index (κ1) is 19.8. The first-order valence-corrected chi connectivity index (χ1v) is 9.97. The Hall–Kier alpha value is -3.55. The zero-order valence-corrected chi connectivity index (χ0v) is 16.9. The van der Waals surface area contributed by atoms with E-state index in [4.69, 9.17) is 25.9 Å². The Morgan fingerprint density at radius 1 is 1.03 bits per heavy atom. The van der Waals surface area contributed by atoms with Crippen molar-refractivity contribution in [1.82, 2.24) is 0 Å². The van der Waals surface area contributed by atoms with E-state index in [0.29, 0.717) is 23.0 Å². The third kappa shape index (κ3) is 3.68. The molecule has 0 bridgehead atoms. The second-order valence-corrected chi connectivity index (χ2v) is 7.40. The third-order valence-electron chi connectivity index (χ3n) is 5.46. The molecule has 4 N–H and O–H groups in total. The Morgan fingerprint density at radius 3 is 2.43 bits per heavy atom. The minimum absolute atomic E-state index is 0.211. The smallest absolute Gasteiger partial charge is 0.337 e. The molecule has 156 valence electrons. The van der Waals surface area contributed by atoms with Crippen LogP contribution in [0.3, 0.4) is 0 Å². The van der Waals surface area contributed by atoms with Gasteiger partial charge >= 0.3 is 5.97 Å². The van der Waals surface area contributed by atoms with Gasteiger partial charge in [-0.1, -0.05) is 18.6 Å². The van der Waals surface area contributed by atoms with Gasteiger partial charge in [-0.3, -0.25) is 4.90 Å². The third-order valence-corrected chi connectivity index (χ3v) is 5.46. The predicted octanol–water partition coefficient (Wildman–Crippen LogP) is 3.38.